The van der Waals surface area contributed by atoms with Crippen LogP contribution in [0.1, 0.15) is 29.5 Å². The lowest BCUT2D eigenvalue weighted by molar-refractivity contribution is 0.361. The Morgan fingerprint density at radius 1 is 1.25 bits per heavy atom. The van der Waals surface area contributed by atoms with E-state index in [4.69, 9.17) is 16.3 Å². The molecule has 0 amide bonds. The van der Waals surface area contributed by atoms with E-state index in [1.165, 1.54) is 16.8 Å². The average Bonchev–Trinajstić information content (AvgIpc) is 3.09. The summed E-state index contributed by atoms with van der Waals surface area (Å²) in [4.78, 5) is 0. The van der Waals surface area contributed by atoms with Crippen LogP contribution in [0.2, 0.25) is 5.02 Å². The summed E-state index contributed by atoms with van der Waals surface area (Å²) in [6.07, 6.45) is 7.47. The molecule has 1 aliphatic heterocycles. The number of rotatable bonds is 4. The molecule has 24 heavy (non-hydrogen) atoms. The fraction of sp³-hybridized carbons (Fsp3) is 0.238. The molecular formula is C21H20ClNO. The average molecular weight is 338 g/mol. The number of nitrogens with one attached hydrogen (secondary N) is 1. The van der Waals surface area contributed by atoms with Gasteiger partial charge in [0.1, 0.15) is 12.4 Å². The first-order valence-electron chi connectivity index (χ1n) is 8.32. The van der Waals surface area contributed by atoms with E-state index in [0.29, 0.717) is 18.4 Å². The van der Waals surface area contributed by atoms with Gasteiger partial charge in [-0.15, -0.1) is 0 Å². The van der Waals surface area contributed by atoms with Gasteiger partial charge in [-0.2, -0.15) is 0 Å². The van der Waals surface area contributed by atoms with E-state index in [-0.39, 0.29) is 6.04 Å². The molecule has 2 nitrogen and oxygen atoms in total. The minimum absolute atomic E-state index is 0.274. The van der Waals surface area contributed by atoms with Crippen LogP contribution in [-0.4, -0.2) is 6.61 Å². The molecule has 3 heteroatoms. The van der Waals surface area contributed by atoms with Gasteiger partial charge >= 0.3 is 0 Å². The molecular weight excluding hydrogens is 318 g/mol. The molecule has 2 aromatic rings. The Hall–Kier alpha value is -2.19. The van der Waals surface area contributed by atoms with Crippen LogP contribution in [0.5, 0.6) is 5.75 Å². The molecule has 0 spiro atoms. The van der Waals surface area contributed by atoms with Gasteiger partial charge in [0.15, 0.2) is 0 Å². The molecule has 0 saturated carbocycles. The van der Waals surface area contributed by atoms with Gasteiger partial charge in [-0.3, -0.25) is 0 Å². The van der Waals surface area contributed by atoms with Crippen LogP contribution < -0.4 is 10.1 Å². The third-order valence-electron chi connectivity index (χ3n) is 4.91. The van der Waals surface area contributed by atoms with Crippen LogP contribution in [0.3, 0.4) is 0 Å². The largest absolute Gasteiger partial charge is 0.490 e. The lowest BCUT2D eigenvalue weighted by atomic mass is 9.77. The van der Waals surface area contributed by atoms with Crippen molar-refractivity contribution in [1.82, 2.24) is 0 Å². The fourth-order valence-electron chi connectivity index (χ4n) is 3.85. The maximum Gasteiger partial charge on any atom is 0.120 e. The molecule has 1 N–H and O–H groups in total. The number of hydrogen-bond acceptors (Lipinski definition) is 2. The number of anilines is 1. The van der Waals surface area contributed by atoms with Gasteiger partial charge in [-0.05, 0) is 53.8 Å². The predicted molar refractivity (Wildman–Crippen MR) is 99.9 cm³/mol. The quantitative estimate of drug-likeness (QED) is 0.719. The normalized spacial score (nSPS) is 24.0. The van der Waals surface area contributed by atoms with Gasteiger partial charge < -0.3 is 10.1 Å². The van der Waals surface area contributed by atoms with Gasteiger partial charge in [0.05, 0.1) is 6.04 Å². The summed E-state index contributed by atoms with van der Waals surface area (Å²) < 4.78 is 5.71. The Kier molecular flexibility index (Phi) is 4.07. The molecule has 0 fully saturated rings. The summed E-state index contributed by atoms with van der Waals surface area (Å²) in [7, 11) is 0. The van der Waals surface area contributed by atoms with E-state index in [2.05, 4.69) is 48.3 Å². The summed E-state index contributed by atoms with van der Waals surface area (Å²) in [5.41, 5.74) is 3.74. The van der Waals surface area contributed by atoms with E-state index in [1.54, 1.807) is 6.08 Å². The summed E-state index contributed by atoms with van der Waals surface area (Å²) in [5.74, 6) is 1.82. The molecule has 0 bridgehead atoms. The Balaban J connectivity index is 1.70. The lowest BCUT2D eigenvalue weighted by Crippen LogP contribution is -2.29. The van der Waals surface area contributed by atoms with E-state index < -0.39 is 0 Å². The third-order valence-corrected chi connectivity index (χ3v) is 5.14. The maximum atomic E-state index is 6.21. The number of benzene rings is 2. The molecule has 2 aliphatic rings. The highest BCUT2D eigenvalue weighted by molar-refractivity contribution is 6.30. The Morgan fingerprint density at radius 2 is 2.17 bits per heavy atom. The van der Waals surface area contributed by atoms with Crippen molar-refractivity contribution < 1.29 is 4.74 Å². The zero-order chi connectivity index (χ0) is 16.5. The van der Waals surface area contributed by atoms with Crippen molar-refractivity contribution in [3.8, 4) is 5.75 Å². The number of halogens is 1. The van der Waals surface area contributed by atoms with Gasteiger partial charge in [0.2, 0.25) is 0 Å². The molecule has 0 radical (unpaired) electrons. The van der Waals surface area contributed by atoms with Crippen molar-refractivity contribution in [1.29, 1.82) is 0 Å². The van der Waals surface area contributed by atoms with Crippen LogP contribution in [0.15, 0.2) is 67.3 Å². The summed E-state index contributed by atoms with van der Waals surface area (Å²) in [6, 6.07) is 14.8. The first-order valence-corrected chi connectivity index (χ1v) is 8.70. The highest BCUT2D eigenvalue weighted by atomic mass is 35.5. The van der Waals surface area contributed by atoms with Crippen molar-refractivity contribution in [3.63, 3.8) is 0 Å². The van der Waals surface area contributed by atoms with Gasteiger partial charge in [0.25, 0.3) is 0 Å². The van der Waals surface area contributed by atoms with Crippen molar-refractivity contribution in [2.75, 3.05) is 11.9 Å². The molecule has 1 aliphatic carbocycles. The monoisotopic (exact) mass is 337 g/mol. The Morgan fingerprint density at radius 3 is 3.00 bits per heavy atom. The van der Waals surface area contributed by atoms with E-state index in [9.17, 15) is 0 Å². The van der Waals surface area contributed by atoms with Gasteiger partial charge in [-0.1, -0.05) is 48.5 Å². The van der Waals surface area contributed by atoms with Crippen LogP contribution >= 0.6 is 11.6 Å². The number of allylic oxidation sites excluding steroid dienone is 2. The van der Waals surface area contributed by atoms with Crippen molar-refractivity contribution >= 4 is 17.3 Å². The topological polar surface area (TPSA) is 21.3 Å². The third kappa shape index (κ3) is 2.71. The highest BCUT2D eigenvalue weighted by Gasteiger charge is 2.38. The number of hydrogen-bond donors (Lipinski definition) is 1. The van der Waals surface area contributed by atoms with Crippen LogP contribution in [0.4, 0.5) is 5.69 Å². The molecule has 3 unspecified atom stereocenters. The van der Waals surface area contributed by atoms with Crippen molar-refractivity contribution in [2.24, 2.45) is 5.92 Å². The standard InChI is InChI=1S/C21H20ClNO/c1-2-11-24-16-9-10-20-19(13-16)17-7-4-8-18(17)21(23-20)14-5-3-6-15(22)12-14/h2-7,9-10,12-13,17-18,21,23H,1,8,11H2. The molecule has 0 aromatic heterocycles. The molecule has 122 valence electrons. The fourth-order valence-corrected chi connectivity index (χ4v) is 4.05. The summed E-state index contributed by atoms with van der Waals surface area (Å²) >= 11 is 6.21. The van der Waals surface area contributed by atoms with Crippen LogP contribution in [-0.2, 0) is 0 Å². The minimum atomic E-state index is 0.274. The molecule has 0 saturated heterocycles. The summed E-state index contributed by atoms with van der Waals surface area (Å²) in [5, 5.41) is 4.51. The maximum absolute atomic E-state index is 6.21. The SMILES string of the molecule is C=CCOc1ccc2c(c1)C1C=CCC1C(c1cccc(Cl)c1)N2. The predicted octanol–water partition coefficient (Wildman–Crippen LogP) is 5.73. The second kappa shape index (κ2) is 6.37. The highest BCUT2D eigenvalue weighted by Crippen LogP contribution is 2.50. The van der Waals surface area contributed by atoms with Gasteiger partial charge in [-0.25, -0.2) is 0 Å². The van der Waals surface area contributed by atoms with Crippen molar-refractivity contribution in [2.45, 2.75) is 18.4 Å². The summed E-state index contributed by atoms with van der Waals surface area (Å²) in [6.45, 7) is 4.24. The molecule has 4 rings (SSSR count). The van der Waals surface area contributed by atoms with Gasteiger partial charge in [0, 0.05) is 16.6 Å². The first kappa shape index (κ1) is 15.3. The Bertz CT molecular complexity index is 798. The number of ether oxygens (including phenoxy) is 1. The molecule has 1 heterocycles. The van der Waals surface area contributed by atoms with Crippen molar-refractivity contribution in [3.05, 3.63) is 83.4 Å². The lowest BCUT2D eigenvalue weighted by Gasteiger charge is -2.37. The van der Waals surface area contributed by atoms with E-state index >= 15 is 0 Å². The second-order valence-corrected chi connectivity index (χ2v) is 6.82. The zero-order valence-corrected chi connectivity index (χ0v) is 14.2. The van der Waals surface area contributed by atoms with Crippen LogP contribution in [0.25, 0.3) is 0 Å². The molecule has 2 aromatic carbocycles. The Labute approximate surface area is 147 Å². The number of fused-ring (bicyclic) bond motifs is 3. The molecule has 3 atom stereocenters. The second-order valence-electron chi connectivity index (χ2n) is 6.38. The van der Waals surface area contributed by atoms with Crippen LogP contribution in [0, 0.1) is 5.92 Å². The van der Waals surface area contributed by atoms with E-state index in [1.807, 2.05) is 18.2 Å². The minimum Gasteiger partial charge on any atom is -0.490 e. The smallest absolute Gasteiger partial charge is 0.120 e. The zero-order valence-electron chi connectivity index (χ0n) is 13.4. The van der Waals surface area contributed by atoms with E-state index in [0.717, 1.165) is 17.2 Å². The first-order chi connectivity index (χ1) is 11.8.